The van der Waals surface area contributed by atoms with Crippen LogP contribution in [0.3, 0.4) is 0 Å². The number of aryl methyl sites for hydroxylation is 1. The van der Waals surface area contributed by atoms with Gasteiger partial charge >= 0.3 is 5.97 Å². The van der Waals surface area contributed by atoms with Crippen LogP contribution in [-0.4, -0.2) is 34.8 Å². The molecule has 1 aliphatic heterocycles. The number of thiazole rings is 1. The summed E-state index contributed by atoms with van der Waals surface area (Å²) >= 11 is 1.37. The van der Waals surface area contributed by atoms with Crippen LogP contribution >= 0.6 is 11.3 Å². The molecule has 5 nitrogen and oxygen atoms in total. The number of nitrogens with one attached hydrogen (secondary N) is 1. The maximum absolute atomic E-state index is 10.8. The molecule has 0 spiro atoms. The lowest BCUT2D eigenvalue weighted by molar-refractivity contribution is 0.0690. The highest BCUT2D eigenvalue weighted by Gasteiger charge is 2.30. The Hall–Kier alpha value is -1.14. The number of carboxylic acid groups (broad SMARTS) is 1. The average molecular weight is 242 g/mol. The number of aromatic nitrogens is 1. The highest BCUT2D eigenvalue weighted by Crippen LogP contribution is 2.28. The number of nitrogens with zero attached hydrogens (tertiary/aromatic N) is 1. The molecule has 0 radical (unpaired) electrons. The molecular weight excluding hydrogens is 228 g/mol. The molecule has 2 N–H and O–H groups in total. The minimum atomic E-state index is -0.977. The molecule has 1 aromatic rings. The fourth-order valence-corrected chi connectivity index (χ4v) is 2.63. The molecule has 0 saturated carbocycles. The number of anilines is 1. The van der Waals surface area contributed by atoms with E-state index in [-0.39, 0.29) is 11.2 Å². The van der Waals surface area contributed by atoms with E-state index < -0.39 is 5.97 Å². The van der Waals surface area contributed by atoms with Gasteiger partial charge in [-0.15, -0.1) is 11.3 Å². The minimum Gasteiger partial charge on any atom is -0.476 e. The number of hydrogen-bond acceptors (Lipinski definition) is 5. The fourth-order valence-electron chi connectivity index (χ4n) is 1.67. The highest BCUT2D eigenvalue weighted by molar-refractivity contribution is 7.15. The lowest BCUT2D eigenvalue weighted by Gasteiger charge is -2.22. The van der Waals surface area contributed by atoms with E-state index in [1.165, 1.54) is 11.3 Å². The Morgan fingerprint density at radius 3 is 2.94 bits per heavy atom. The van der Waals surface area contributed by atoms with Crippen molar-refractivity contribution in [2.24, 2.45) is 0 Å². The molecule has 0 aromatic carbocycles. The zero-order valence-electron chi connectivity index (χ0n) is 9.24. The first-order valence-electron chi connectivity index (χ1n) is 5.07. The van der Waals surface area contributed by atoms with E-state index in [1.54, 1.807) is 6.92 Å². The van der Waals surface area contributed by atoms with Crippen molar-refractivity contribution in [3.63, 3.8) is 0 Å². The summed E-state index contributed by atoms with van der Waals surface area (Å²) < 4.78 is 5.31. The van der Waals surface area contributed by atoms with E-state index >= 15 is 0 Å². The quantitative estimate of drug-likeness (QED) is 0.844. The topological polar surface area (TPSA) is 71.5 Å². The molecule has 1 atom stereocenters. The standard InChI is InChI=1S/C10H14N2O3S/c1-6-7(8(13)14)11-9(16-6)12-10(2)3-4-15-5-10/h3-5H2,1-2H3,(H,11,12)(H,13,14). The summed E-state index contributed by atoms with van der Waals surface area (Å²) in [7, 11) is 0. The summed E-state index contributed by atoms with van der Waals surface area (Å²) in [5, 5.41) is 12.8. The molecule has 16 heavy (non-hydrogen) atoms. The Bertz CT molecular complexity index is 410. The van der Waals surface area contributed by atoms with Crippen LogP contribution < -0.4 is 5.32 Å². The van der Waals surface area contributed by atoms with Crippen LogP contribution in [0.25, 0.3) is 0 Å². The number of aromatic carboxylic acids is 1. The second-order valence-corrected chi connectivity index (χ2v) is 5.42. The summed E-state index contributed by atoms with van der Waals surface area (Å²) in [6.07, 6.45) is 0.911. The zero-order valence-corrected chi connectivity index (χ0v) is 10.1. The first-order chi connectivity index (χ1) is 7.50. The van der Waals surface area contributed by atoms with E-state index in [0.29, 0.717) is 11.7 Å². The van der Waals surface area contributed by atoms with Crippen molar-refractivity contribution < 1.29 is 14.6 Å². The normalized spacial score (nSPS) is 24.6. The van der Waals surface area contributed by atoms with Gasteiger partial charge < -0.3 is 15.2 Å². The van der Waals surface area contributed by atoms with Crippen LogP contribution in [0.5, 0.6) is 0 Å². The monoisotopic (exact) mass is 242 g/mol. The molecule has 0 bridgehead atoms. The molecular formula is C10H14N2O3S. The van der Waals surface area contributed by atoms with Gasteiger partial charge in [-0.3, -0.25) is 0 Å². The van der Waals surface area contributed by atoms with Crippen molar-refractivity contribution in [3.8, 4) is 0 Å². The van der Waals surface area contributed by atoms with Gasteiger partial charge in [0.25, 0.3) is 0 Å². The van der Waals surface area contributed by atoms with Gasteiger partial charge in [0.2, 0.25) is 0 Å². The first kappa shape index (κ1) is 11.3. The third-order valence-corrected chi connectivity index (χ3v) is 3.51. The van der Waals surface area contributed by atoms with Crippen molar-refractivity contribution in [2.45, 2.75) is 25.8 Å². The van der Waals surface area contributed by atoms with Crippen molar-refractivity contribution >= 4 is 22.4 Å². The SMILES string of the molecule is Cc1sc(NC2(C)CCOC2)nc1C(=O)O. The summed E-state index contributed by atoms with van der Waals surface area (Å²) in [4.78, 5) is 15.6. The van der Waals surface area contributed by atoms with Crippen LogP contribution in [0.2, 0.25) is 0 Å². The number of hydrogen-bond donors (Lipinski definition) is 2. The highest BCUT2D eigenvalue weighted by atomic mass is 32.1. The molecule has 2 heterocycles. The number of ether oxygens (including phenoxy) is 1. The van der Waals surface area contributed by atoms with E-state index in [0.717, 1.165) is 17.9 Å². The van der Waals surface area contributed by atoms with E-state index in [9.17, 15) is 4.79 Å². The summed E-state index contributed by atoms with van der Waals surface area (Å²) in [6.45, 7) is 5.19. The van der Waals surface area contributed by atoms with Crippen molar-refractivity contribution in [3.05, 3.63) is 10.6 Å². The third-order valence-electron chi connectivity index (χ3n) is 2.63. The van der Waals surface area contributed by atoms with Crippen LogP contribution in [0.4, 0.5) is 5.13 Å². The van der Waals surface area contributed by atoms with Gasteiger partial charge in [-0.1, -0.05) is 0 Å². The maximum atomic E-state index is 10.8. The van der Waals surface area contributed by atoms with E-state index in [2.05, 4.69) is 17.2 Å². The van der Waals surface area contributed by atoms with Gasteiger partial charge in [-0.25, -0.2) is 9.78 Å². The van der Waals surface area contributed by atoms with Crippen molar-refractivity contribution in [2.75, 3.05) is 18.5 Å². The first-order valence-corrected chi connectivity index (χ1v) is 5.88. The summed E-state index contributed by atoms with van der Waals surface area (Å²) in [5.41, 5.74) is 0.00934. The molecule has 1 saturated heterocycles. The van der Waals surface area contributed by atoms with Gasteiger partial charge in [-0.2, -0.15) is 0 Å². The smallest absolute Gasteiger partial charge is 0.355 e. The fraction of sp³-hybridized carbons (Fsp3) is 0.600. The molecule has 88 valence electrons. The number of rotatable bonds is 3. The zero-order chi connectivity index (χ0) is 11.8. The van der Waals surface area contributed by atoms with E-state index in [4.69, 9.17) is 9.84 Å². The van der Waals surface area contributed by atoms with Gasteiger partial charge in [0.1, 0.15) is 0 Å². The summed E-state index contributed by atoms with van der Waals surface area (Å²) in [6, 6.07) is 0. The second kappa shape index (κ2) is 4.03. The van der Waals surface area contributed by atoms with Crippen molar-refractivity contribution in [1.29, 1.82) is 0 Å². The minimum absolute atomic E-state index is 0.125. The summed E-state index contributed by atoms with van der Waals surface area (Å²) in [5.74, 6) is -0.977. The van der Waals surface area contributed by atoms with Gasteiger partial charge in [0, 0.05) is 11.5 Å². The Morgan fingerprint density at radius 2 is 2.44 bits per heavy atom. The Balaban J connectivity index is 2.16. The van der Waals surface area contributed by atoms with Crippen LogP contribution in [-0.2, 0) is 4.74 Å². The van der Waals surface area contributed by atoms with Crippen LogP contribution in [0.1, 0.15) is 28.7 Å². The maximum Gasteiger partial charge on any atom is 0.355 e. The predicted molar refractivity (Wildman–Crippen MR) is 61.3 cm³/mol. The lowest BCUT2D eigenvalue weighted by atomic mass is 10.0. The average Bonchev–Trinajstić information content (AvgIpc) is 2.73. The number of carbonyl (C=O) groups is 1. The Morgan fingerprint density at radius 1 is 1.69 bits per heavy atom. The Labute approximate surface area is 97.5 Å². The van der Waals surface area contributed by atoms with Gasteiger partial charge in [0.15, 0.2) is 10.8 Å². The molecule has 1 aromatic heterocycles. The second-order valence-electron chi connectivity index (χ2n) is 4.22. The van der Waals surface area contributed by atoms with Crippen LogP contribution in [0, 0.1) is 6.92 Å². The third kappa shape index (κ3) is 2.17. The molecule has 1 unspecified atom stereocenters. The van der Waals surface area contributed by atoms with E-state index in [1.807, 2.05) is 0 Å². The molecule has 0 aliphatic carbocycles. The van der Waals surface area contributed by atoms with Gasteiger partial charge in [-0.05, 0) is 20.3 Å². The molecule has 2 rings (SSSR count). The van der Waals surface area contributed by atoms with Crippen LogP contribution in [0.15, 0.2) is 0 Å². The largest absolute Gasteiger partial charge is 0.476 e. The molecule has 0 amide bonds. The predicted octanol–water partition coefficient (Wildman–Crippen LogP) is 1.74. The molecule has 6 heteroatoms. The molecule has 1 aliphatic rings. The lowest BCUT2D eigenvalue weighted by Crippen LogP contribution is -2.34. The van der Waals surface area contributed by atoms with Gasteiger partial charge in [0.05, 0.1) is 12.1 Å². The Kier molecular flexibility index (Phi) is 2.86. The molecule has 1 fully saturated rings. The van der Waals surface area contributed by atoms with Crippen molar-refractivity contribution in [1.82, 2.24) is 4.98 Å². The number of carboxylic acids is 1.